The van der Waals surface area contributed by atoms with Crippen LogP contribution >= 0.6 is 0 Å². The highest BCUT2D eigenvalue weighted by molar-refractivity contribution is 6.04. The molecule has 2 aromatic rings. The molecular formula is C15H13NO3. The maximum atomic E-state index is 11.4. The van der Waals surface area contributed by atoms with Gasteiger partial charge in [0, 0.05) is 11.8 Å². The number of rotatable bonds is 5. The minimum Gasteiger partial charge on any atom is -0.491 e. The fraction of sp³-hybridized carbons (Fsp3) is 0.200. The summed E-state index contributed by atoms with van der Waals surface area (Å²) in [5.41, 5.74) is 0.780. The van der Waals surface area contributed by atoms with Crippen LogP contribution in [0.5, 0.6) is 5.75 Å². The van der Waals surface area contributed by atoms with Crippen molar-refractivity contribution in [3.63, 3.8) is 0 Å². The number of aromatic carboxylic acids is 1. The maximum absolute atomic E-state index is 11.4. The van der Waals surface area contributed by atoms with E-state index >= 15 is 0 Å². The molecule has 0 amide bonds. The number of pyridine rings is 1. The molecule has 1 aromatic heterocycles. The highest BCUT2D eigenvalue weighted by atomic mass is 16.5. The molecule has 4 nitrogen and oxygen atoms in total. The summed E-state index contributed by atoms with van der Waals surface area (Å²) in [5, 5.41) is 9.90. The summed E-state index contributed by atoms with van der Waals surface area (Å²) < 4.78 is 5.47. The summed E-state index contributed by atoms with van der Waals surface area (Å²) in [6.07, 6.45) is 7.88. The Morgan fingerprint density at radius 3 is 2.95 bits per heavy atom. The summed E-state index contributed by atoms with van der Waals surface area (Å²) in [6.45, 7) is 0.379. The molecule has 0 radical (unpaired) electrons. The molecule has 1 heterocycles. The zero-order valence-corrected chi connectivity index (χ0v) is 10.3. The number of aromatic nitrogens is 1. The third-order valence-electron chi connectivity index (χ3n) is 2.68. The molecule has 0 aliphatic rings. The molecular weight excluding hydrogens is 242 g/mol. The van der Waals surface area contributed by atoms with Crippen LogP contribution in [0.4, 0.5) is 0 Å². The van der Waals surface area contributed by atoms with E-state index in [1.807, 2.05) is 6.07 Å². The van der Waals surface area contributed by atoms with Gasteiger partial charge in [0.25, 0.3) is 0 Å². The number of carbonyl (C=O) groups is 1. The monoisotopic (exact) mass is 255 g/mol. The third kappa shape index (κ3) is 2.83. The lowest BCUT2D eigenvalue weighted by Crippen LogP contribution is -2.06. The van der Waals surface area contributed by atoms with Crippen LogP contribution in [0.15, 0.2) is 30.5 Å². The van der Waals surface area contributed by atoms with Gasteiger partial charge >= 0.3 is 5.97 Å². The molecule has 0 fully saturated rings. The van der Waals surface area contributed by atoms with Crippen LogP contribution in [0, 0.1) is 12.3 Å². The van der Waals surface area contributed by atoms with Crippen molar-refractivity contribution < 1.29 is 14.6 Å². The molecule has 96 valence electrons. The van der Waals surface area contributed by atoms with Crippen molar-refractivity contribution in [3.05, 3.63) is 36.0 Å². The first kappa shape index (κ1) is 12.9. The van der Waals surface area contributed by atoms with Gasteiger partial charge in [0.1, 0.15) is 5.56 Å². The van der Waals surface area contributed by atoms with Crippen molar-refractivity contribution in [3.8, 4) is 18.1 Å². The number of ether oxygens (including phenoxy) is 1. The number of carboxylic acids is 1. The molecule has 0 spiro atoms. The summed E-state index contributed by atoms with van der Waals surface area (Å²) in [7, 11) is 0. The summed E-state index contributed by atoms with van der Waals surface area (Å²) in [4.78, 5) is 15.6. The fourth-order valence-electron chi connectivity index (χ4n) is 1.81. The van der Waals surface area contributed by atoms with E-state index in [-0.39, 0.29) is 11.3 Å². The molecule has 0 aliphatic carbocycles. The number of benzene rings is 1. The zero-order chi connectivity index (χ0) is 13.7. The molecule has 0 aliphatic heterocycles. The second kappa shape index (κ2) is 5.87. The summed E-state index contributed by atoms with van der Waals surface area (Å²) in [5.74, 6) is 1.77. The van der Waals surface area contributed by atoms with Gasteiger partial charge in [-0.1, -0.05) is 18.2 Å². The standard InChI is InChI=1S/C15H13NO3/c1-2-3-6-9-19-13-10-16-12-8-5-4-7-11(12)14(13)15(17)18/h1,4-5,7-8,10H,3,6,9H2,(H,17,18). The SMILES string of the molecule is C#CCCCOc1cnc2ccccc2c1C(=O)O. The molecule has 1 aromatic carbocycles. The van der Waals surface area contributed by atoms with Crippen LogP contribution in [0.3, 0.4) is 0 Å². The molecule has 0 unspecified atom stereocenters. The number of fused-ring (bicyclic) bond motifs is 1. The molecule has 0 saturated carbocycles. The van der Waals surface area contributed by atoms with E-state index in [1.54, 1.807) is 18.2 Å². The Balaban J connectivity index is 2.35. The lowest BCUT2D eigenvalue weighted by Gasteiger charge is -2.10. The van der Waals surface area contributed by atoms with Crippen molar-refractivity contribution >= 4 is 16.9 Å². The van der Waals surface area contributed by atoms with E-state index in [0.717, 1.165) is 0 Å². The van der Waals surface area contributed by atoms with E-state index in [2.05, 4.69) is 10.9 Å². The van der Waals surface area contributed by atoms with Crippen LogP contribution in [0.25, 0.3) is 10.9 Å². The minimum absolute atomic E-state index is 0.145. The van der Waals surface area contributed by atoms with Crippen LogP contribution in [-0.2, 0) is 0 Å². The van der Waals surface area contributed by atoms with Gasteiger partial charge < -0.3 is 9.84 Å². The quantitative estimate of drug-likeness (QED) is 0.659. The number of hydrogen-bond acceptors (Lipinski definition) is 3. The van der Waals surface area contributed by atoms with E-state index in [4.69, 9.17) is 11.2 Å². The van der Waals surface area contributed by atoms with Gasteiger partial charge in [0.2, 0.25) is 0 Å². The van der Waals surface area contributed by atoms with Crippen molar-refractivity contribution in [2.45, 2.75) is 12.8 Å². The van der Waals surface area contributed by atoms with Gasteiger partial charge in [-0.3, -0.25) is 4.98 Å². The van der Waals surface area contributed by atoms with Crippen molar-refractivity contribution in [2.75, 3.05) is 6.61 Å². The van der Waals surface area contributed by atoms with E-state index in [0.29, 0.717) is 30.4 Å². The Morgan fingerprint density at radius 2 is 2.21 bits per heavy atom. The first-order valence-corrected chi connectivity index (χ1v) is 5.91. The van der Waals surface area contributed by atoms with Gasteiger partial charge in [0.15, 0.2) is 5.75 Å². The first-order valence-electron chi connectivity index (χ1n) is 5.91. The molecule has 0 bridgehead atoms. The van der Waals surface area contributed by atoms with Gasteiger partial charge in [0.05, 0.1) is 18.3 Å². The highest BCUT2D eigenvalue weighted by Gasteiger charge is 2.16. The second-order valence-corrected chi connectivity index (χ2v) is 3.98. The van der Waals surface area contributed by atoms with Gasteiger partial charge in [-0.05, 0) is 12.5 Å². The van der Waals surface area contributed by atoms with Crippen molar-refractivity contribution in [1.82, 2.24) is 4.98 Å². The Bertz CT molecular complexity index is 643. The number of unbranched alkanes of at least 4 members (excludes halogenated alkanes) is 1. The normalized spacial score (nSPS) is 10.1. The predicted molar refractivity (Wildman–Crippen MR) is 72.3 cm³/mol. The lowest BCUT2D eigenvalue weighted by molar-refractivity contribution is 0.0694. The number of nitrogens with zero attached hydrogens (tertiary/aromatic N) is 1. The van der Waals surface area contributed by atoms with Crippen LogP contribution in [0.2, 0.25) is 0 Å². The van der Waals surface area contributed by atoms with Crippen LogP contribution < -0.4 is 4.74 Å². The zero-order valence-electron chi connectivity index (χ0n) is 10.3. The van der Waals surface area contributed by atoms with Crippen molar-refractivity contribution in [2.24, 2.45) is 0 Å². The lowest BCUT2D eigenvalue weighted by atomic mass is 10.1. The third-order valence-corrected chi connectivity index (χ3v) is 2.68. The number of para-hydroxylation sites is 1. The van der Waals surface area contributed by atoms with Gasteiger partial charge in [-0.25, -0.2) is 4.79 Å². The molecule has 0 atom stereocenters. The Hall–Kier alpha value is -2.54. The minimum atomic E-state index is -1.02. The summed E-state index contributed by atoms with van der Waals surface area (Å²) in [6, 6.07) is 7.08. The Morgan fingerprint density at radius 1 is 1.42 bits per heavy atom. The topological polar surface area (TPSA) is 59.4 Å². The molecule has 19 heavy (non-hydrogen) atoms. The largest absolute Gasteiger partial charge is 0.491 e. The number of carboxylic acid groups (broad SMARTS) is 1. The smallest absolute Gasteiger partial charge is 0.340 e. The van der Waals surface area contributed by atoms with E-state index in [9.17, 15) is 9.90 Å². The highest BCUT2D eigenvalue weighted by Crippen LogP contribution is 2.26. The van der Waals surface area contributed by atoms with Crippen LogP contribution in [0.1, 0.15) is 23.2 Å². The average Bonchev–Trinajstić information content (AvgIpc) is 2.42. The average molecular weight is 255 g/mol. The predicted octanol–water partition coefficient (Wildman–Crippen LogP) is 2.73. The molecule has 0 saturated heterocycles. The summed E-state index contributed by atoms with van der Waals surface area (Å²) >= 11 is 0. The molecule has 4 heteroatoms. The second-order valence-electron chi connectivity index (χ2n) is 3.98. The molecule has 1 N–H and O–H groups in total. The molecule has 2 rings (SSSR count). The van der Waals surface area contributed by atoms with Crippen LogP contribution in [-0.4, -0.2) is 22.7 Å². The van der Waals surface area contributed by atoms with Crippen molar-refractivity contribution in [1.29, 1.82) is 0 Å². The van der Waals surface area contributed by atoms with E-state index < -0.39 is 5.97 Å². The maximum Gasteiger partial charge on any atom is 0.340 e. The van der Waals surface area contributed by atoms with Gasteiger partial charge in [-0.2, -0.15) is 0 Å². The fourth-order valence-corrected chi connectivity index (χ4v) is 1.81. The van der Waals surface area contributed by atoms with E-state index in [1.165, 1.54) is 6.20 Å². The van der Waals surface area contributed by atoms with Gasteiger partial charge in [-0.15, -0.1) is 12.3 Å². The Kier molecular flexibility index (Phi) is 3.99. The number of hydrogen-bond donors (Lipinski definition) is 1. The first-order chi connectivity index (χ1) is 9.24. The number of terminal acetylenes is 1. The Labute approximate surface area is 111 Å².